The van der Waals surface area contributed by atoms with E-state index >= 15 is 0 Å². The van der Waals surface area contributed by atoms with E-state index in [0.29, 0.717) is 18.5 Å². The van der Waals surface area contributed by atoms with E-state index in [1.54, 1.807) is 22.9 Å². The summed E-state index contributed by atoms with van der Waals surface area (Å²) in [5, 5.41) is 13.4. The van der Waals surface area contributed by atoms with Crippen LogP contribution < -0.4 is 0 Å². The van der Waals surface area contributed by atoms with Crippen molar-refractivity contribution in [2.24, 2.45) is 0 Å². The van der Waals surface area contributed by atoms with Gasteiger partial charge in [-0.3, -0.25) is 9.48 Å². The predicted molar refractivity (Wildman–Crippen MR) is 105 cm³/mol. The maximum Gasteiger partial charge on any atom is 0.186 e. The van der Waals surface area contributed by atoms with E-state index in [0.717, 1.165) is 21.3 Å². The van der Waals surface area contributed by atoms with Crippen molar-refractivity contribution in [2.45, 2.75) is 13.0 Å². The molecule has 0 fully saturated rings. The van der Waals surface area contributed by atoms with Gasteiger partial charge in [0.15, 0.2) is 5.78 Å². The Morgan fingerprint density at radius 3 is 2.62 bits per heavy atom. The summed E-state index contributed by atoms with van der Waals surface area (Å²) in [5.74, 6) is -0.0822. The molecule has 0 spiro atoms. The van der Waals surface area contributed by atoms with Crippen molar-refractivity contribution in [3.8, 4) is 17.3 Å². The molecule has 1 heterocycles. The first-order valence-electron chi connectivity index (χ1n) is 8.16. The third kappa shape index (κ3) is 4.16. The van der Waals surface area contributed by atoms with Crippen LogP contribution in [-0.4, -0.2) is 15.6 Å². The molecule has 128 valence electrons. The minimum atomic E-state index is -0.0822. The van der Waals surface area contributed by atoms with Crippen LogP contribution in [-0.2, 0) is 6.54 Å². The molecule has 2 aromatic carbocycles. The molecule has 0 saturated carbocycles. The number of rotatable bonds is 6. The number of carbonyl (C=O) groups is 1. The summed E-state index contributed by atoms with van der Waals surface area (Å²) in [6.07, 6.45) is 5.58. The number of hydrogen-bond donors (Lipinski definition) is 0. The monoisotopic (exact) mass is 405 g/mol. The van der Waals surface area contributed by atoms with E-state index in [2.05, 4.69) is 27.1 Å². The average molecular weight is 406 g/mol. The Labute approximate surface area is 160 Å². The smallest absolute Gasteiger partial charge is 0.186 e. The number of aryl methyl sites for hydroxylation is 1. The van der Waals surface area contributed by atoms with Gasteiger partial charge >= 0.3 is 0 Å². The molecule has 0 radical (unpaired) electrons. The lowest BCUT2D eigenvalue weighted by Gasteiger charge is -2.00. The van der Waals surface area contributed by atoms with Crippen molar-refractivity contribution in [1.29, 1.82) is 5.26 Å². The molecule has 3 rings (SSSR count). The van der Waals surface area contributed by atoms with E-state index in [-0.39, 0.29) is 5.78 Å². The summed E-state index contributed by atoms with van der Waals surface area (Å²) in [7, 11) is 0. The van der Waals surface area contributed by atoms with Gasteiger partial charge in [-0.1, -0.05) is 58.4 Å². The molecule has 0 amide bonds. The van der Waals surface area contributed by atoms with Crippen molar-refractivity contribution < 1.29 is 4.79 Å². The largest absolute Gasteiger partial charge is 0.289 e. The molecule has 0 aliphatic carbocycles. The SMILES string of the molecule is N#CCCn1cc(/C=C/C(=O)c2ccccc2Br)c(-c2ccccc2)n1. The van der Waals surface area contributed by atoms with Crippen LogP contribution in [0.15, 0.2) is 71.3 Å². The number of ketones is 1. The molecule has 5 heteroatoms. The molecule has 4 nitrogen and oxygen atoms in total. The molecule has 0 unspecified atom stereocenters. The average Bonchev–Trinajstić information content (AvgIpc) is 3.08. The zero-order valence-corrected chi connectivity index (χ0v) is 15.6. The Morgan fingerprint density at radius 2 is 1.88 bits per heavy atom. The molecule has 0 N–H and O–H groups in total. The summed E-state index contributed by atoms with van der Waals surface area (Å²) in [6.45, 7) is 0.516. The Kier molecular flexibility index (Phi) is 5.77. The summed E-state index contributed by atoms with van der Waals surface area (Å²) in [5.41, 5.74) is 3.22. The van der Waals surface area contributed by atoms with Crippen molar-refractivity contribution in [3.63, 3.8) is 0 Å². The number of aromatic nitrogens is 2. The van der Waals surface area contributed by atoms with Crippen molar-refractivity contribution in [2.75, 3.05) is 0 Å². The summed E-state index contributed by atoms with van der Waals surface area (Å²) in [4.78, 5) is 12.5. The first-order valence-corrected chi connectivity index (χ1v) is 8.95. The highest BCUT2D eigenvalue weighted by molar-refractivity contribution is 9.10. The Balaban J connectivity index is 1.93. The number of carbonyl (C=O) groups excluding carboxylic acids is 1. The van der Waals surface area contributed by atoms with Crippen LogP contribution in [0.3, 0.4) is 0 Å². The summed E-state index contributed by atoms with van der Waals surface area (Å²) >= 11 is 3.41. The number of halogens is 1. The normalized spacial score (nSPS) is 10.8. The van der Waals surface area contributed by atoms with E-state index < -0.39 is 0 Å². The van der Waals surface area contributed by atoms with Crippen LogP contribution in [0.2, 0.25) is 0 Å². The van der Waals surface area contributed by atoms with E-state index in [1.807, 2.05) is 54.7 Å². The Bertz CT molecular complexity index is 984. The van der Waals surface area contributed by atoms with Crippen LogP contribution in [0, 0.1) is 11.3 Å². The van der Waals surface area contributed by atoms with E-state index in [4.69, 9.17) is 5.26 Å². The first-order chi connectivity index (χ1) is 12.7. The molecule has 3 aromatic rings. The zero-order chi connectivity index (χ0) is 18.4. The van der Waals surface area contributed by atoms with Gasteiger partial charge in [0.05, 0.1) is 24.7 Å². The highest BCUT2D eigenvalue weighted by Crippen LogP contribution is 2.24. The Morgan fingerprint density at radius 1 is 1.15 bits per heavy atom. The standard InChI is InChI=1S/C21H16BrN3O/c22-19-10-5-4-9-18(19)20(26)12-11-17-15-25(14-6-13-23)24-21(17)16-7-2-1-3-8-16/h1-5,7-12,15H,6,14H2/b12-11+. The lowest BCUT2D eigenvalue weighted by atomic mass is 10.1. The van der Waals surface area contributed by atoms with Crippen LogP contribution in [0.25, 0.3) is 17.3 Å². The number of nitrogens with zero attached hydrogens (tertiary/aromatic N) is 3. The predicted octanol–water partition coefficient (Wildman–Crippen LogP) is 5.12. The molecule has 0 saturated heterocycles. The number of benzene rings is 2. The quantitative estimate of drug-likeness (QED) is 0.422. The van der Waals surface area contributed by atoms with Gasteiger partial charge in [0.2, 0.25) is 0 Å². The van der Waals surface area contributed by atoms with Gasteiger partial charge in [-0.05, 0) is 24.3 Å². The lowest BCUT2D eigenvalue weighted by Crippen LogP contribution is -1.97. The van der Waals surface area contributed by atoms with Gasteiger partial charge in [0.1, 0.15) is 0 Å². The van der Waals surface area contributed by atoms with Crippen LogP contribution in [0.4, 0.5) is 0 Å². The molecule has 0 atom stereocenters. The third-order valence-electron chi connectivity index (χ3n) is 3.84. The fourth-order valence-electron chi connectivity index (χ4n) is 2.57. The van der Waals surface area contributed by atoms with Gasteiger partial charge in [0.25, 0.3) is 0 Å². The second kappa shape index (κ2) is 8.41. The fourth-order valence-corrected chi connectivity index (χ4v) is 3.05. The van der Waals surface area contributed by atoms with Gasteiger partial charge in [0, 0.05) is 27.4 Å². The molecule has 0 bridgehead atoms. The van der Waals surface area contributed by atoms with Crippen molar-refractivity contribution in [1.82, 2.24) is 9.78 Å². The van der Waals surface area contributed by atoms with Crippen LogP contribution in [0.5, 0.6) is 0 Å². The molecule has 1 aromatic heterocycles. The molecule has 0 aliphatic rings. The molecule has 26 heavy (non-hydrogen) atoms. The number of allylic oxidation sites excluding steroid dienone is 1. The van der Waals surface area contributed by atoms with Crippen molar-refractivity contribution in [3.05, 3.63) is 82.5 Å². The minimum absolute atomic E-state index is 0.0822. The third-order valence-corrected chi connectivity index (χ3v) is 4.54. The van der Waals surface area contributed by atoms with Crippen molar-refractivity contribution >= 4 is 27.8 Å². The molecular weight excluding hydrogens is 390 g/mol. The molecule has 0 aliphatic heterocycles. The topological polar surface area (TPSA) is 58.7 Å². The molecular formula is C21H16BrN3O. The van der Waals surface area contributed by atoms with Crippen LogP contribution >= 0.6 is 15.9 Å². The second-order valence-corrected chi connectivity index (χ2v) is 6.50. The summed E-state index contributed by atoms with van der Waals surface area (Å²) in [6, 6.07) is 19.3. The Hall–Kier alpha value is -2.97. The van der Waals surface area contributed by atoms with E-state index in [1.165, 1.54) is 0 Å². The number of nitriles is 1. The van der Waals surface area contributed by atoms with Gasteiger partial charge < -0.3 is 0 Å². The summed E-state index contributed by atoms with van der Waals surface area (Å²) < 4.78 is 2.51. The zero-order valence-electron chi connectivity index (χ0n) is 14.0. The lowest BCUT2D eigenvalue weighted by molar-refractivity contribution is 0.104. The number of hydrogen-bond acceptors (Lipinski definition) is 3. The van der Waals surface area contributed by atoms with E-state index in [9.17, 15) is 4.79 Å². The highest BCUT2D eigenvalue weighted by Gasteiger charge is 2.11. The maximum absolute atomic E-state index is 12.5. The maximum atomic E-state index is 12.5. The minimum Gasteiger partial charge on any atom is -0.289 e. The van der Waals surface area contributed by atoms with Gasteiger partial charge in [-0.25, -0.2) is 0 Å². The fraction of sp³-hybridized carbons (Fsp3) is 0.0952. The first kappa shape index (κ1) is 17.8. The highest BCUT2D eigenvalue weighted by atomic mass is 79.9. The van der Waals surface area contributed by atoms with Crippen LogP contribution in [0.1, 0.15) is 22.3 Å². The second-order valence-electron chi connectivity index (χ2n) is 5.65. The van der Waals surface area contributed by atoms with Gasteiger partial charge in [-0.15, -0.1) is 0 Å². The van der Waals surface area contributed by atoms with Gasteiger partial charge in [-0.2, -0.15) is 10.4 Å².